The average Bonchev–Trinajstić information content (AvgIpc) is 2.92. The number of aromatic nitrogens is 2. The number of aryl methyl sites for hydroxylation is 1. The maximum atomic E-state index is 4.66. The zero-order chi connectivity index (χ0) is 14.9. The summed E-state index contributed by atoms with van der Waals surface area (Å²) in [6.45, 7) is 0.900. The highest BCUT2D eigenvalue weighted by Crippen LogP contribution is 2.34. The molecule has 22 heavy (non-hydrogen) atoms. The molecule has 0 fully saturated rings. The smallest absolute Gasteiger partial charge is 0.106 e. The summed E-state index contributed by atoms with van der Waals surface area (Å²) in [5.41, 5.74) is 6.29. The van der Waals surface area contributed by atoms with Gasteiger partial charge in [0.2, 0.25) is 0 Å². The highest BCUT2D eigenvalue weighted by atomic mass is 79.9. The van der Waals surface area contributed by atoms with Gasteiger partial charge in [0, 0.05) is 23.8 Å². The fourth-order valence-corrected chi connectivity index (χ4v) is 3.64. The molecule has 0 saturated carbocycles. The van der Waals surface area contributed by atoms with E-state index in [1.165, 1.54) is 29.7 Å². The van der Waals surface area contributed by atoms with E-state index >= 15 is 0 Å². The van der Waals surface area contributed by atoms with Crippen molar-refractivity contribution in [2.75, 3.05) is 0 Å². The minimum Gasteiger partial charge on any atom is -0.356 e. The van der Waals surface area contributed by atoms with Crippen LogP contribution in [0.4, 0.5) is 0 Å². The second kappa shape index (κ2) is 5.86. The van der Waals surface area contributed by atoms with Crippen LogP contribution in [0.1, 0.15) is 35.7 Å². The lowest BCUT2D eigenvalue weighted by Gasteiger charge is -2.23. The first-order valence-electron chi connectivity index (χ1n) is 7.75. The summed E-state index contributed by atoms with van der Waals surface area (Å²) in [6, 6.07) is 15.1. The van der Waals surface area contributed by atoms with E-state index in [0.29, 0.717) is 6.04 Å². The summed E-state index contributed by atoms with van der Waals surface area (Å²) in [6.07, 6.45) is 3.50. The van der Waals surface area contributed by atoms with E-state index in [0.717, 1.165) is 28.6 Å². The molecule has 0 saturated heterocycles. The van der Waals surface area contributed by atoms with Crippen LogP contribution in [0, 0.1) is 0 Å². The zero-order valence-electron chi connectivity index (χ0n) is 12.3. The molecule has 4 heteroatoms. The van der Waals surface area contributed by atoms with Crippen molar-refractivity contribution < 1.29 is 0 Å². The number of nitrogens with zero attached hydrogens (tertiary/aromatic N) is 1. The SMILES string of the molecule is Brc1ccc2[nH]c3c(c2n1)CCCC3NCc1ccccc1. The molecule has 0 spiro atoms. The molecular formula is C18H18BrN3. The number of benzene rings is 1. The predicted molar refractivity (Wildman–Crippen MR) is 92.8 cm³/mol. The molecule has 1 aromatic carbocycles. The maximum absolute atomic E-state index is 4.66. The van der Waals surface area contributed by atoms with E-state index < -0.39 is 0 Å². The van der Waals surface area contributed by atoms with Crippen LogP contribution in [0.15, 0.2) is 47.1 Å². The van der Waals surface area contributed by atoms with Gasteiger partial charge in [0.25, 0.3) is 0 Å². The van der Waals surface area contributed by atoms with E-state index in [2.05, 4.69) is 67.6 Å². The molecule has 1 aliphatic carbocycles. The van der Waals surface area contributed by atoms with Crippen molar-refractivity contribution in [3.63, 3.8) is 0 Å². The van der Waals surface area contributed by atoms with Gasteiger partial charge in [-0.15, -0.1) is 0 Å². The van der Waals surface area contributed by atoms with Crippen molar-refractivity contribution in [1.29, 1.82) is 0 Å². The van der Waals surface area contributed by atoms with Crippen molar-refractivity contribution in [3.05, 3.63) is 63.9 Å². The van der Waals surface area contributed by atoms with Gasteiger partial charge in [0.15, 0.2) is 0 Å². The molecule has 3 nitrogen and oxygen atoms in total. The van der Waals surface area contributed by atoms with E-state index in [1.54, 1.807) is 0 Å². The number of nitrogens with one attached hydrogen (secondary N) is 2. The van der Waals surface area contributed by atoms with Crippen LogP contribution in [-0.2, 0) is 13.0 Å². The van der Waals surface area contributed by atoms with E-state index in [1.807, 2.05) is 6.07 Å². The second-order valence-electron chi connectivity index (χ2n) is 5.86. The summed E-state index contributed by atoms with van der Waals surface area (Å²) >= 11 is 3.48. The topological polar surface area (TPSA) is 40.7 Å². The summed E-state index contributed by atoms with van der Waals surface area (Å²) in [7, 11) is 0. The van der Waals surface area contributed by atoms with Crippen LogP contribution in [0.2, 0.25) is 0 Å². The van der Waals surface area contributed by atoms with Crippen LogP contribution >= 0.6 is 15.9 Å². The molecule has 2 heterocycles. The first-order chi connectivity index (χ1) is 10.8. The van der Waals surface area contributed by atoms with Gasteiger partial charge in [0.05, 0.1) is 11.0 Å². The van der Waals surface area contributed by atoms with Gasteiger partial charge in [0.1, 0.15) is 4.60 Å². The van der Waals surface area contributed by atoms with Gasteiger partial charge in [-0.05, 0) is 52.9 Å². The van der Waals surface area contributed by atoms with Gasteiger partial charge < -0.3 is 10.3 Å². The van der Waals surface area contributed by atoms with Crippen LogP contribution in [0.3, 0.4) is 0 Å². The molecule has 0 radical (unpaired) electrons. The first-order valence-corrected chi connectivity index (χ1v) is 8.55. The Kier molecular flexibility index (Phi) is 3.72. The van der Waals surface area contributed by atoms with Crippen molar-refractivity contribution in [3.8, 4) is 0 Å². The summed E-state index contributed by atoms with van der Waals surface area (Å²) < 4.78 is 0.904. The number of rotatable bonds is 3. The van der Waals surface area contributed by atoms with Gasteiger partial charge in [-0.1, -0.05) is 30.3 Å². The Morgan fingerprint density at radius 3 is 2.91 bits per heavy atom. The monoisotopic (exact) mass is 355 g/mol. The summed E-state index contributed by atoms with van der Waals surface area (Å²) in [5, 5.41) is 3.70. The third kappa shape index (κ3) is 2.57. The maximum Gasteiger partial charge on any atom is 0.106 e. The molecule has 0 bridgehead atoms. The fourth-order valence-electron chi connectivity index (χ4n) is 3.33. The fraction of sp³-hybridized carbons (Fsp3) is 0.278. The van der Waals surface area contributed by atoms with Crippen molar-refractivity contribution in [2.45, 2.75) is 31.8 Å². The lowest BCUT2D eigenvalue weighted by molar-refractivity contribution is 0.452. The molecule has 2 N–H and O–H groups in total. The van der Waals surface area contributed by atoms with Crippen molar-refractivity contribution in [2.24, 2.45) is 0 Å². The molecule has 0 aliphatic heterocycles. The van der Waals surface area contributed by atoms with Crippen LogP contribution in [-0.4, -0.2) is 9.97 Å². The largest absolute Gasteiger partial charge is 0.356 e. The second-order valence-corrected chi connectivity index (χ2v) is 6.67. The number of H-pyrrole nitrogens is 1. The molecule has 112 valence electrons. The predicted octanol–water partition coefficient (Wildman–Crippen LogP) is 4.49. The molecule has 1 unspecified atom stereocenters. The lowest BCUT2D eigenvalue weighted by atomic mass is 9.92. The number of aromatic amines is 1. The van der Waals surface area contributed by atoms with Crippen LogP contribution in [0.5, 0.6) is 0 Å². The lowest BCUT2D eigenvalue weighted by Crippen LogP contribution is -2.24. The minimum absolute atomic E-state index is 0.386. The molecule has 1 aliphatic rings. The molecule has 4 rings (SSSR count). The van der Waals surface area contributed by atoms with Gasteiger partial charge >= 0.3 is 0 Å². The first kappa shape index (κ1) is 14.0. The quantitative estimate of drug-likeness (QED) is 0.679. The zero-order valence-corrected chi connectivity index (χ0v) is 13.9. The number of fused-ring (bicyclic) bond motifs is 3. The van der Waals surface area contributed by atoms with E-state index in [9.17, 15) is 0 Å². The Bertz CT molecular complexity index is 795. The minimum atomic E-state index is 0.386. The number of hydrogen-bond acceptors (Lipinski definition) is 2. The molecular weight excluding hydrogens is 338 g/mol. The van der Waals surface area contributed by atoms with Gasteiger partial charge in [-0.3, -0.25) is 0 Å². The standard InChI is InChI=1S/C18H18BrN3/c19-16-10-9-15-18(22-16)13-7-4-8-14(17(13)21-15)20-11-12-5-2-1-3-6-12/h1-3,5-6,9-10,14,20-21H,4,7-8,11H2. The van der Waals surface area contributed by atoms with Crippen LogP contribution < -0.4 is 5.32 Å². The number of pyridine rings is 1. The van der Waals surface area contributed by atoms with Gasteiger partial charge in [-0.2, -0.15) is 0 Å². The summed E-state index contributed by atoms with van der Waals surface area (Å²) in [4.78, 5) is 8.24. The molecule has 2 aromatic heterocycles. The average molecular weight is 356 g/mol. The normalized spacial score (nSPS) is 17.6. The van der Waals surface area contributed by atoms with Crippen LogP contribution in [0.25, 0.3) is 11.0 Å². The number of hydrogen-bond donors (Lipinski definition) is 2. The van der Waals surface area contributed by atoms with E-state index in [-0.39, 0.29) is 0 Å². The highest BCUT2D eigenvalue weighted by Gasteiger charge is 2.24. The highest BCUT2D eigenvalue weighted by molar-refractivity contribution is 9.10. The third-order valence-electron chi connectivity index (χ3n) is 4.41. The number of halogens is 1. The van der Waals surface area contributed by atoms with Gasteiger partial charge in [-0.25, -0.2) is 4.98 Å². The Morgan fingerprint density at radius 2 is 2.05 bits per heavy atom. The molecule has 0 amide bonds. The Morgan fingerprint density at radius 1 is 1.18 bits per heavy atom. The summed E-state index contributed by atoms with van der Waals surface area (Å²) in [5.74, 6) is 0. The Balaban J connectivity index is 1.63. The van der Waals surface area contributed by atoms with Crippen molar-refractivity contribution >= 4 is 27.0 Å². The Hall–Kier alpha value is -1.65. The van der Waals surface area contributed by atoms with Crippen molar-refractivity contribution in [1.82, 2.24) is 15.3 Å². The molecule has 1 atom stereocenters. The van der Waals surface area contributed by atoms with E-state index in [4.69, 9.17) is 0 Å². The molecule has 3 aromatic rings. The third-order valence-corrected chi connectivity index (χ3v) is 4.85. The Labute approximate surface area is 138 Å².